The van der Waals surface area contributed by atoms with Crippen LogP contribution in [0, 0.1) is 11.8 Å². The molecule has 39 heavy (non-hydrogen) atoms. The number of imidazole rings is 1. The number of fused-ring (bicyclic) bond motifs is 2. The topological polar surface area (TPSA) is 75.4 Å². The van der Waals surface area contributed by atoms with Gasteiger partial charge >= 0.3 is 5.97 Å². The molecule has 200 valence electrons. The van der Waals surface area contributed by atoms with Crippen LogP contribution in [0.2, 0.25) is 0 Å². The Kier molecular flexibility index (Phi) is 6.94. The Bertz CT molecular complexity index is 1520. The summed E-state index contributed by atoms with van der Waals surface area (Å²) in [5.74, 6) is 0.980. The molecule has 2 unspecified atom stereocenters. The molecule has 0 spiro atoms. The fourth-order valence-corrected chi connectivity index (χ4v) is 6.47. The van der Waals surface area contributed by atoms with Gasteiger partial charge in [0.05, 0.1) is 16.6 Å². The summed E-state index contributed by atoms with van der Waals surface area (Å²) in [5, 5.41) is 10.0. The first-order valence-corrected chi connectivity index (χ1v) is 14.3. The van der Waals surface area contributed by atoms with Crippen LogP contribution in [0.15, 0.2) is 66.7 Å². The second-order valence-corrected chi connectivity index (χ2v) is 11.0. The molecule has 2 heterocycles. The number of aromatic nitrogens is 2. The highest BCUT2D eigenvalue weighted by Crippen LogP contribution is 2.39. The normalized spacial score (nSPS) is 19.0. The van der Waals surface area contributed by atoms with Crippen LogP contribution in [0.3, 0.4) is 0 Å². The summed E-state index contributed by atoms with van der Waals surface area (Å²) >= 11 is 0. The Morgan fingerprint density at radius 1 is 1.03 bits per heavy atom. The van der Waals surface area contributed by atoms with Crippen molar-refractivity contribution < 1.29 is 14.7 Å². The van der Waals surface area contributed by atoms with E-state index >= 15 is 0 Å². The van der Waals surface area contributed by atoms with Crippen LogP contribution in [-0.4, -0.2) is 33.1 Å². The van der Waals surface area contributed by atoms with Gasteiger partial charge in [-0.3, -0.25) is 4.79 Å². The Hall–Kier alpha value is -3.93. The highest BCUT2D eigenvalue weighted by atomic mass is 16.4. The van der Waals surface area contributed by atoms with Gasteiger partial charge in [-0.15, -0.1) is 0 Å². The number of hydrogen-bond acceptors (Lipinski definition) is 3. The lowest BCUT2D eigenvalue weighted by atomic mass is 9.81. The number of amides is 1. The molecule has 2 atom stereocenters. The van der Waals surface area contributed by atoms with Crippen molar-refractivity contribution in [2.45, 2.75) is 58.4 Å². The van der Waals surface area contributed by atoms with E-state index in [1.54, 1.807) is 6.07 Å². The van der Waals surface area contributed by atoms with Gasteiger partial charge in [0.2, 0.25) is 5.91 Å². The molecule has 4 aromatic rings. The Labute approximate surface area is 229 Å². The second kappa shape index (κ2) is 10.7. The number of carbonyl (C=O) groups is 2. The molecule has 1 aliphatic heterocycles. The molecule has 3 aromatic carbocycles. The van der Waals surface area contributed by atoms with Crippen molar-refractivity contribution in [1.82, 2.24) is 9.55 Å². The van der Waals surface area contributed by atoms with Crippen molar-refractivity contribution in [3.05, 3.63) is 83.7 Å². The van der Waals surface area contributed by atoms with E-state index in [0.29, 0.717) is 23.6 Å². The number of rotatable bonds is 8. The zero-order valence-electron chi connectivity index (χ0n) is 22.5. The van der Waals surface area contributed by atoms with Crippen LogP contribution in [0.4, 0.5) is 5.69 Å². The molecule has 1 amide bonds. The Balaban J connectivity index is 1.35. The number of carbonyl (C=O) groups excluding carboxylic acids is 1. The first kappa shape index (κ1) is 25.4. The minimum atomic E-state index is -0.933. The summed E-state index contributed by atoms with van der Waals surface area (Å²) in [4.78, 5) is 32.4. The van der Waals surface area contributed by atoms with Crippen LogP contribution in [0.1, 0.15) is 67.2 Å². The number of unbranched alkanes of at least 4 members (excludes halogenated alkanes) is 1. The molecular weight excluding hydrogens is 486 g/mol. The van der Waals surface area contributed by atoms with E-state index in [1.807, 2.05) is 47.4 Å². The maximum absolute atomic E-state index is 13.2. The van der Waals surface area contributed by atoms with Crippen molar-refractivity contribution in [2.75, 3.05) is 11.4 Å². The number of benzene rings is 3. The molecule has 1 saturated heterocycles. The van der Waals surface area contributed by atoms with Gasteiger partial charge in [0.1, 0.15) is 5.82 Å². The molecule has 2 aliphatic rings. The predicted octanol–water partition coefficient (Wildman–Crippen LogP) is 6.95. The maximum atomic E-state index is 13.2. The second-order valence-electron chi connectivity index (χ2n) is 11.0. The molecule has 1 aromatic heterocycles. The highest BCUT2D eigenvalue weighted by Gasteiger charge is 2.41. The average molecular weight is 522 g/mol. The fourth-order valence-electron chi connectivity index (χ4n) is 6.47. The molecule has 6 nitrogen and oxygen atoms in total. The molecule has 2 fully saturated rings. The first-order chi connectivity index (χ1) is 19.0. The highest BCUT2D eigenvalue weighted by molar-refractivity contribution is 5.99. The van der Waals surface area contributed by atoms with Gasteiger partial charge in [-0.25, -0.2) is 9.78 Å². The van der Waals surface area contributed by atoms with Crippen LogP contribution >= 0.6 is 0 Å². The summed E-state index contributed by atoms with van der Waals surface area (Å²) in [6.07, 6.45) is 7.47. The SMILES string of the molecule is CCCCc1nc2cc(N3CC4CCCCC4C3=O)ccc2n1Cc1ccc(-c2ccccc2)c(C(=O)O)c1. The van der Waals surface area contributed by atoms with E-state index in [-0.39, 0.29) is 11.8 Å². The lowest BCUT2D eigenvalue weighted by molar-refractivity contribution is -0.121. The quantitative estimate of drug-likeness (QED) is 0.272. The van der Waals surface area contributed by atoms with Gasteiger partial charge in [0.25, 0.3) is 0 Å². The van der Waals surface area contributed by atoms with E-state index in [0.717, 1.165) is 78.7 Å². The third-order valence-electron chi connectivity index (χ3n) is 8.53. The van der Waals surface area contributed by atoms with Crippen molar-refractivity contribution >= 4 is 28.6 Å². The minimum Gasteiger partial charge on any atom is -0.478 e. The summed E-state index contributed by atoms with van der Waals surface area (Å²) in [6.45, 7) is 3.52. The van der Waals surface area contributed by atoms with E-state index in [2.05, 4.69) is 29.7 Å². The number of hydrogen-bond donors (Lipinski definition) is 1. The van der Waals surface area contributed by atoms with Crippen LogP contribution in [-0.2, 0) is 17.8 Å². The Morgan fingerprint density at radius 2 is 1.85 bits per heavy atom. The summed E-state index contributed by atoms with van der Waals surface area (Å²) < 4.78 is 2.21. The van der Waals surface area contributed by atoms with Crippen LogP contribution in [0.5, 0.6) is 0 Å². The van der Waals surface area contributed by atoms with Gasteiger partial charge in [-0.05, 0) is 66.1 Å². The van der Waals surface area contributed by atoms with Crippen LogP contribution < -0.4 is 4.90 Å². The zero-order chi connectivity index (χ0) is 26.9. The van der Waals surface area contributed by atoms with Gasteiger partial charge < -0.3 is 14.6 Å². The predicted molar refractivity (Wildman–Crippen MR) is 154 cm³/mol. The summed E-state index contributed by atoms with van der Waals surface area (Å²) in [5.41, 5.74) is 5.67. The number of carboxylic acid groups (broad SMARTS) is 1. The molecule has 1 N–H and O–H groups in total. The number of aromatic carboxylic acids is 1. The smallest absolute Gasteiger partial charge is 0.336 e. The lowest BCUT2D eigenvalue weighted by Crippen LogP contribution is -2.27. The number of nitrogens with zero attached hydrogens (tertiary/aromatic N) is 3. The number of carboxylic acids is 1. The van der Waals surface area contributed by atoms with Gasteiger partial charge in [-0.2, -0.15) is 0 Å². The fraction of sp³-hybridized carbons (Fsp3) is 0.364. The van der Waals surface area contributed by atoms with Crippen molar-refractivity contribution in [2.24, 2.45) is 11.8 Å². The summed E-state index contributed by atoms with van der Waals surface area (Å²) in [6, 6.07) is 21.6. The zero-order valence-corrected chi connectivity index (χ0v) is 22.5. The molecule has 0 radical (unpaired) electrons. The van der Waals surface area contributed by atoms with Crippen molar-refractivity contribution in [3.8, 4) is 11.1 Å². The largest absolute Gasteiger partial charge is 0.478 e. The average Bonchev–Trinajstić information content (AvgIpc) is 3.48. The minimum absolute atomic E-state index is 0.175. The molecule has 1 aliphatic carbocycles. The number of anilines is 1. The first-order valence-electron chi connectivity index (χ1n) is 14.3. The van der Waals surface area contributed by atoms with Gasteiger partial charge in [0, 0.05) is 31.1 Å². The van der Waals surface area contributed by atoms with Gasteiger partial charge in [-0.1, -0.05) is 68.7 Å². The molecular formula is C33H35N3O3. The van der Waals surface area contributed by atoms with E-state index in [4.69, 9.17) is 4.98 Å². The van der Waals surface area contributed by atoms with Gasteiger partial charge in [0.15, 0.2) is 0 Å². The summed E-state index contributed by atoms with van der Waals surface area (Å²) in [7, 11) is 0. The third kappa shape index (κ3) is 4.84. The number of aryl methyl sites for hydroxylation is 1. The van der Waals surface area contributed by atoms with E-state index < -0.39 is 5.97 Å². The standard InChI is InChI=1S/C33H35N3O3/c1-2-3-13-31-34-29-19-25(35-21-24-11-7-8-12-27(24)32(35)37)15-17-30(29)36(31)20-22-14-16-26(28(18-22)33(38)39)23-9-5-4-6-10-23/h4-6,9-10,14-19,24,27H,2-3,7-8,11-13,20-21H2,1H3,(H,38,39). The van der Waals surface area contributed by atoms with Crippen LogP contribution in [0.25, 0.3) is 22.2 Å². The van der Waals surface area contributed by atoms with E-state index in [1.165, 1.54) is 6.42 Å². The third-order valence-corrected chi connectivity index (χ3v) is 8.53. The Morgan fingerprint density at radius 3 is 2.62 bits per heavy atom. The molecule has 0 bridgehead atoms. The lowest BCUT2D eigenvalue weighted by Gasteiger charge is -2.21. The molecule has 1 saturated carbocycles. The van der Waals surface area contributed by atoms with Crippen molar-refractivity contribution in [1.29, 1.82) is 0 Å². The molecule has 6 rings (SSSR count). The molecule has 6 heteroatoms. The maximum Gasteiger partial charge on any atom is 0.336 e. The van der Waals surface area contributed by atoms with E-state index in [9.17, 15) is 14.7 Å². The monoisotopic (exact) mass is 521 g/mol. The van der Waals surface area contributed by atoms with Crippen molar-refractivity contribution in [3.63, 3.8) is 0 Å².